The van der Waals surface area contributed by atoms with Crippen LogP contribution in [0.25, 0.3) is 0 Å². The fourth-order valence-electron chi connectivity index (χ4n) is 4.15. The zero-order valence-electron chi connectivity index (χ0n) is 14.6. The maximum Gasteiger partial charge on any atom is 0.0991 e. The molecule has 124 valence electrons. The van der Waals surface area contributed by atoms with E-state index in [2.05, 4.69) is 37.8 Å². The summed E-state index contributed by atoms with van der Waals surface area (Å²) in [5.41, 5.74) is 2.14. The van der Waals surface area contributed by atoms with Gasteiger partial charge in [0, 0.05) is 0 Å². The number of benzene rings is 1. The summed E-state index contributed by atoms with van der Waals surface area (Å²) >= 11 is 0. The zero-order valence-corrected chi connectivity index (χ0v) is 14.6. The van der Waals surface area contributed by atoms with Gasteiger partial charge < -0.3 is 0 Å². The molecule has 1 heteroatoms. The van der Waals surface area contributed by atoms with Gasteiger partial charge in [-0.05, 0) is 54.7 Å². The van der Waals surface area contributed by atoms with Crippen LogP contribution in [0, 0.1) is 23.2 Å². The Bertz CT molecular complexity index is 500. The van der Waals surface area contributed by atoms with E-state index in [1.807, 2.05) is 12.1 Å². The van der Waals surface area contributed by atoms with Crippen LogP contribution in [0.15, 0.2) is 36.9 Å². The van der Waals surface area contributed by atoms with Gasteiger partial charge in [0.05, 0.1) is 11.6 Å². The van der Waals surface area contributed by atoms with Gasteiger partial charge >= 0.3 is 0 Å². The number of nitrogens with zero attached hydrogens (tertiary/aromatic N) is 1. The SMILES string of the molecule is C=CCC(c1ccc(C#N)cc1)[C@H]1CC[C@H](CCCCC)CC1. The van der Waals surface area contributed by atoms with Gasteiger partial charge in [0.15, 0.2) is 0 Å². The molecule has 1 nitrogen and oxygen atoms in total. The summed E-state index contributed by atoms with van der Waals surface area (Å²) in [6, 6.07) is 10.4. The second-order valence-electron chi connectivity index (χ2n) is 7.14. The molecule has 0 amide bonds. The predicted octanol–water partition coefficient (Wildman–Crippen LogP) is 6.60. The number of nitriles is 1. The van der Waals surface area contributed by atoms with Gasteiger partial charge in [-0.2, -0.15) is 5.26 Å². The molecule has 0 heterocycles. The first-order chi connectivity index (χ1) is 11.3. The van der Waals surface area contributed by atoms with Crippen molar-refractivity contribution in [3.63, 3.8) is 0 Å². The largest absolute Gasteiger partial charge is 0.192 e. The van der Waals surface area contributed by atoms with Crippen LogP contribution in [0.2, 0.25) is 0 Å². The third-order valence-corrected chi connectivity index (χ3v) is 5.56. The third kappa shape index (κ3) is 5.24. The average Bonchev–Trinajstić information content (AvgIpc) is 2.61. The fourth-order valence-corrected chi connectivity index (χ4v) is 4.15. The molecule has 0 N–H and O–H groups in total. The van der Waals surface area contributed by atoms with Crippen LogP contribution in [-0.2, 0) is 0 Å². The highest BCUT2D eigenvalue weighted by Gasteiger charge is 2.27. The van der Waals surface area contributed by atoms with Gasteiger partial charge in [0.2, 0.25) is 0 Å². The Morgan fingerprint density at radius 2 is 1.87 bits per heavy atom. The Labute approximate surface area is 142 Å². The first kappa shape index (κ1) is 17.8. The topological polar surface area (TPSA) is 23.8 Å². The van der Waals surface area contributed by atoms with Crippen molar-refractivity contribution in [1.82, 2.24) is 0 Å². The molecule has 2 rings (SSSR count). The van der Waals surface area contributed by atoms with Crippen LogP contribution in [0.5, 0.6) is 0 Å². The van der Waals surface area contributed by atoms with Gasteiger partial charge in [-0.15, -0.1) is 6.58 Å². The summed E-state index contributed by atoms with van der Waals surface area (Å²) in [4.78, 5) is 0. The number of unbranched alkanes of at least 4 members (excludes halogenated alkanes) is 2. The van der Waals surface area contributed by atoms with Crippen molar-refractivity contribution < 1.29 is 0 Å². The van der Waals surface area contributed by atoms with Crippen LogP contribution >= 0.6 is 0 Å². The lowest BCUT2D eigenvalue weighted by atomic mass is 9.71. The lowest BCUT2D eigenvalue weighted by Crippen LogP contribution is -2.20. The third-order valence-electron chi connectivity index (χ3n) is 5.56. The summed E-state index contributed by atoms with van der Waals surface area (Å²) in [5, 5.41) is 8.97. The summed E-state index contributed by atoms with van der Waals surface area (Å²) in [7, 11) is 0. The quantitative estimate of drug-likeness (QED) is 0.392. The second-order valence-corrected chi connectivity index (χ2v) is 7.14. The minimum atomic E-state index is 0.580. The molecule has 1 aromatic rings. The molecule has 1 fully saturated rings. The Morgan fingerprint density at radius 3 is 2.43 bits per heavy atom. The van der Waals surface area contributed by atoms with E-state index >= 15 is 0 Å². The maximum absolute atomic E-state index is 8.97. The molecule has 1 atom stereocenters. The summed E-state index contributed by atoms with van der Waals surface area (Å²) in [5.74, 6) is 2.32. The number of allylic oxidation sites excluding steroid dienone is 1. The molecule has 1 unspecified atom stereocenters. The van der Waals surface area contributed by atoms with Crippen molar-refractivity contribution in [2.75, 3.05) is 0 Å². The molecule has 1 saturated carbocycles. The molecule has 23 heavy (non-hydrogen) atoms. The highest BCUT2D eigenvalue weighted by atomic mass is 14.3. The van der Waals surface area contributed by atoms with Crippen molar-refractivity contribution in [2.45, 2.75) is 70.6 Å². The van der Waals surface area contributed by atoms with Crippen LogP contribution in [-0.4, -0.2) is 0 Å². The van der Waals surface area contributed by atoms with Gasteiger partial charge in [-0.25, -0.2) is 0 Å². The fraction of sp³-hybridized carbons (Fsp3) is 0.591. The first-order valence-corrected chi connectivity index (χ1v) is 9.39. The molecule has 0 radical (unpaired) electrons. The average molecular weight is 309 g/mol. The molecule has 0 bridgehead atoms. The monoisotopic (exact) mass is 309 g/mol. The van der Waals surface area contributed by atoms with E-state index in [1.165, 1.54) is 56.9 Å². The molecule has 0 aliphatic heterocycles. The van der Waals surface area contributed by atoms with E-state index in [0.717, 1.165) is 23.8 Å². The maximum atomic E-state index is 8.97. The van der Waals surface area contributed by atoms with E-state index in [0.29, 0.717) is 5.92 Å². The molecule has 0 saturated heterocycles. The lowest BCUT2D eigenvalue weighted by Gasteiger charge is -2.34. The van der Waals surface area contributed by atoms with Crippen LogP contribution in [0.4, 0.5) is 0 Å². The Morgan fingerprint density at radius 1 is 1.17 bits per heavy atom. The van der Waals surface area contributed by atoms with E-state index in [-0.39, 0.29) is 0 Å². The standard InChI is InChI=1S/C22H31N/c1-3-5-6-8-18-9-13-20(14-10-18)22(7-4-2)21-15-11-19(17-23)12-16-21/h4,11-12,15-16,18,20,22H,2-3,5-10,13-14H2,1H3/t18-,20-,22?. The summed E-state index contributed by atoms with van der Waals surface area (Å²) in [6.45, 7) is 6.25. The minimum Gasteiger partial charge on any atom is -0.192 e. The first-order valence-electron chi connectivity index (χ1n) is 9.39. The molecular weight excluding hydrogens is 278 g/mol. The van der Waals surface area contributed by atoms with Gasteiger partial charge in [-0.3, -0.25) is 0 Å². The van der Waals surface area contributed by atoms with E-state index in [9.17, 15) is 0 Å². The van der Waals surface area contributed by atoms with Gasteiger partial charge in [-0.1, -0.05) is 63.7 Å². The van der Waals surface area contributed by atoms with Crippen LogP contribution in [0.3, 0.4) is 0 Å². The van der Waals surface area contributed by atoms with Crippen LogP contribution < -0.4 is 0 Å². The summed E-state index contributed by atoms with van der Waals surface area (Å²) < 4.78 is 0. The van der Waals surface area contributed by atoms with Gasteiger partial charge in [0.25, 0.3) is 0 Å². The van der Waals surface area contributed by atoms with Crippen molar-refractivity contribution >= 4 is 0 Å². The highest BCUT2D eigenvalue weighted by molar-refractivity contribution is 5.33. The zero-order chi connectivity index (χ0) is 16.5. The number of rotatable bonds is 8. The van der Waals surface area contributed by atoms with Crippen molar-refractivity contribution in [3.8, 4) is 6.07 Å². The molecule has 1 aliphatic carbocycles. The van der Waals surface area contributed by atoms with Gasteiger partial charge in [0.1, 0.15) is 0 Å². The molecule has 0 aromatic heterocycles. The van der Waals surface area contributed by atoms with E-state index in [1.54, 1.807) is 0 Å². The number of hydrogen-bond acceptors (Lipinski definition) is 1. The highest BCUT2D eigenvalue weighted by Crippen LogP contribution is 2.41. The van der Waals surface area contributed by atoms with Crippen molar-refractivity contribution in [3.05, 3.63) is 48.0 Å². The molecule has 1 aromatic carbocycles. The Kier molecular flexibility index (Phi) is 7.40. The van der Waals surface area contributed by atoms with Crippen molar-refractivity contribution in [1.29, 1.82) is 5.26 Å². The second kappa shape index (κ2) is 9.56. The minimum absolute atomic E-state index is 0.580. The smallest absolute Gasteiger partial charge is 0.0991 e. The van der Waals surface area contributed by atoms with E-state index < -0.39 is 0 Å². The Balaban J connectivity index is 1.94. The molecular formula is C22H31N. The lowest BCUT2D eigenvalue weighted by molar-refractivity contribution is 0.230. The molecule has 1 aliphatic rings. The van der Waals surface area contributed by atoms with E-state index in [4.69, 9.17) is 5.26 Å². The molecule has 0 spiro atoms. The van der Waals surface area contributed by atoms with Crippen LogP contribution in [0.1, 0.15) is 81.8 Å². The Hall–Kier alpha value is -1.55. The predicted molar refractivity (Wildman–Crippen MR) is 98.3 cm³/mol. The summed E-state index contributed by atoms with van der Waals surface area (Å²) in [6.07, 6.45) is 14.2. The normalized spacial score (nSPS) is 22.3. The van der Waals surface area contributed by atoms with Crippen molar-refractivity contribution in [2.24, 2.45) is 11.8 Å². The number of hydrogen-bond donors (Lipinski definition) is 0.